The van der Waals surface area contributed by atoms with Crippen LogP contribution < -0.4 is 10.1 Å². The maximum absolute atomic E-state index is 5.64. The molecule has 0 atom stereocenters. The number of unbranched alkanes of at least 4 members (excludes halogenated alkanes) is 3. The fourth-order valence-electron chi connectivity index (χ4n) is 2.12. The van der Waals surface area contributed by atoms with Crippen LogP contribution in [0.4, 0.5) is 0 Å². The fraction of sp³-hybridized carbons (Fsp3) is 0.647. The van der Waals surface area contributed by atoms with Crippen LogP contribution in [0.3, 0.4) is 0 Å². The summed E-state index contributed by atoms with van der Waals surface area (Å²) in [5.41, 5.74) is 1.42. The molecule has 0 aromatic heterocycles. The highest BCUT2D eigenvalue weighted by atomic mass is 16.5. The highest BCUT2D eigenvalue weighted by Crippen LogP contribution is 2.15. The van der Waals surface area contributed by atoms with Gasteiger partial charge in [0, 0.05) is 0 Å². The maximum Gasteiger partial charge on any atom is 0.119 e. The third kappa shape index (κ3) is 7.89. The lowest BCUT2D eigenvalue weighted by Gasteiger charge is -2.10. The van der Waals surface area contributed by atoms with Crippen molar-refractivity contribution >= 4 is 0 Å². The van der Waals surface area contributed by atoms with Crippen molar-refractivity contribution in [3.05, 3.63) is 29.8 Å². The van der Waals surface area contributed by atoms with E-state index in [4.69, 9.17) is 4.74 Å². The average molecular weight is 263 g/mol. The quantitative estimate of drug-likeness (QED) is 0.639. The molecule has 19 heavy (non-hydrogen) atoms. The van der Waals surface area contributed by atoms with Crippen molar-refractivity contribution in [2.75, 3.05) is 13.1 Å². The lowest BCUT2D eigenvalue weighted by Crippen LogP contribution is -2.13. The molecule has 108 valence electrons. The van der Waals surface area contributed by atoms with Crippen molar-refractivity contribution in [3.8, 4) is 5.75 Å². The SMILES string of the molecule is CCNCCCCCCc1ccc(OC(C)C)cc1. The molecule has 0 heterocycles. The van der Waals surface area contributed by atoms with Gasteiger partial charge in [-0.25, -0.2) is 0 Å². The van der Waals surface area contributed by atoms with Gasteiger partial charge >= 0.3 is 0 Å². The standard InChI is InChI=1S/C17H29NO/c1-4-18-14-8-6-5-7-9-16-10-12-17(13-11-16)19-15(2)3/h10-13,15,18H,4-9,14H2,1-3H3. The lowest BCUT2D eigenvalue weighted by molar-refractivity contribution is 0.242. The molecule has 2 nitrogen and oxygen atoms in total. The van der Waals surface area contributed by atoms with Crippen LogP contribution in [-0.2, 0) is 6.42 Å². The minimum absolute atomic E-state index is 0.252. The van der Waals surface area contributed by atoms with Crippen LogP contribution in [0.1, 0.15) is 52.0 Å². The molecule has 0 bridgehead atoms. The van der Waals surface area contributed by atoms with Gasteiger partial charge in [-0.2, -0.15) is 0 Å². The van der Waals surface area contributed by atoms with Crippen LogP contribution in [-0.4, -0.2) is 19.2 Å². The summed E-state index contributed by atoms with van der Waals surface area (Å²) in [5.74, 6) is 0.976. The first-order valence-corrected chi connectivity index (χ1v) is 7.68. The molecule has 0 saturated carbocycles. The minimum atomic E-state index is 0.252. The Morgan fingerprint density at radius 2 is 1.68 bits per heavy atom. The Balaban J connectivity index is 2.12. The molecule has 0 fully saturated rings. The van der Waals surface area contributed by atoms with Crippen LogP contribution in [0.5, 0.6) is 5.75 Å². The van der Waals surface area contributed by atoms with Gasteiger partial charge in [0.2, 0.25) is 0 Å². The summed E-state index contributed by atoms with van der Waals surface area (Å²) in [6, 6.07) is 8.55. The molecule has 0 aliphatic heterocycles. The van der Waals surface area contributed by atoms with Gasteiger partial charge in [-0.1, -0.05) is 31.9 Å². The average Bonchev–Trinajstić information content (AvgIpc) is 2.39. The molecule has 2 heteroatoms. The van der Waals surface area contributed by atoms with E-state index in [1.807, 2.05) is 0 Å². The van der Waals surface area contributed by atoms with Gasteiger partial charge in [-0.15, -0.1) is 0 Å². The number of rotatable bonds is 10. The van der Waals surface area contributed by atoms with E-state index in [0.717, 1.165) is 18.8 Å². The molecule has 1 rings (SSSR count). The summed E-state index contributed by atoms with van der Waals surface area (Å²) in [7, 11) is 0. The molecule has 0 spiro atoms. The highest BCUT2D eigenvalue weighted by Gasteiger charge is 1.98. The second-order valence-corrected chi connectivity index (χ2v) is 5.33. The third-order valence-electron chi connectivity index (χ3n) is 3.11. The molecule has 0 unspecified atom stereocenters. The van der Waals surface area contributed by atoms with Crippen molar-refractivity contribution in [2.24, 2.45) is 0 Å². The van der Waals surface area contributed by atoms with Crippen LogP contribution >= 0.6 is 0 Å². The molecule has 1 N–H and O–H groups in total. The summed E-state index contributed by atoms with van der Waals surface area (Å²) >= 11 is 0. The zero-order valence-electron chi connectivity index (χ0n) is 12.7. The van der Waals surface area contributed by atoms with Crippen molar-refractivity contribution in [3.63, 3.8) is 0 Å². The number of nitrogens with one attached hydrogen (secondary N) is 1. The number of ether oxygens (including phenoxy) is 1. The molecule has 1 aromatic carbocycles. The fourth-order valence-corrected chi connectivity index (χ4v) is 2.12. The normalized spacial score (nSPS) is 10.9. The monoisotopic (exact) mass is 263 g/mol. The van der Waals surface area contributed by atoms with Crippen LogP contribution in [0, 0.1) is 0 Å². The highest BCUT2D eigenvalue weighted by molar-refractivity contribution is 5.27. The lowest BCUT2D eigenvalue weighted by atomic mass is 10.1. The van der Waals surface area contributed by atoms with Gasteiger partial charge in [0.25, 0.3) is 0 Å². The first-order chi connectivity index (χ1) is 9.22. The minimum Gasteiger partial charge on any atom is -0.491 e. The van der Waals surface area contributed by atoms with Crippen LogP contribution in [0.2, 0.25) is 0 Å². The van der Waals surface area contributed by atoms with E-state index < -0.39 is 0 Å². The number of hydrogen-bond acceptors (Lipinski definition) is 2. The van der Waals surface area contributed by atoms with Gasteiger partial charge in [0.05, 0.1) is 6.10 Å². The second-order valence-electron chi connectivity index (χ2n) is 5.33. The predicted molar refractivity (Wildman–Crippen MR) is 82.9 cm³/mol. The van der Waals surface area contributed by atoms with E-state index in [-0.39, 0.29) is 6.10 Å². The summed E-state index contributed by atoms with van der Waals surface area (Å²) in [5, 5.41) is 3.36. The Hall–Kier alpha value is -1.02. The number of benzene rings is 1. The summed E-state index contributed by atoms with van der Waals surface area (Å²) in [6.07, 6.45) is 6.69. The van der Waals surface area contributed by atoms with E-state index >= 15 is 0 Å². The Kier molecular flexibility index (Phi) is 8.31. The van der Waals surface area contributed by atoms with Gasteiger partial charge in [0.1, 0.15) is 5.75 Å². The van der Waals surface area contributed by atoms with E-state index in [9.17, 15) is 0 Å². The summed E-state index contributed by atoms with van der Waals surface area (Å²) in [4.78, 5) is 0. The number of aryl methyl sites for hydroxylation is 1. The van der Waals surface area contributed by atoms with Gasteiger partial charge in [-0.3, -0.25) is 0 Å². The molecule has 0 saturated heterocycles. The maximum atomic E-state index is 5.64. The topological polar surface area (TPSA) is 21.3 Å². The Morgan fingerprint density at radius 1 is 1.00 bits per heavy atom. The summed E-state index contributed by atoms with van der Waals surface area (Å²) in [6.45, 7) is 8.53. The Morgan fingerprint density at radius 3 is 2.32 bits per heavy atom. The second kappa shape index (κ2) is 9.85. The molecular formula is C17H29NO. The number of hydrogen-bond donors (Lipinski definition) is 1. The third-order valence-corrected chi connectivity index (χ3v) is 3.11. The van der Waals surface area contributed by atoms with Crippen molar-refractivity contribution in [2.45, 2.75) is 59.0 Å². The Labute approximate surface area is 118 Å². The molecule has 0 amide bonds. The molecule has 0 radical (unpaired) electrons. The van der Waals surface area contributed by atoms with Gasteiger partial charge in [-0.05, 0) is 63.9 Å². The van der Waals surface area contributed by atoms with Crippen molar-refractivity contribution < 1.29 is 4.74 Å². The summed E-state index contributed by atoms with van der Waals surface area (Å²) < 4.78 is 5.64. The first kappa shape index (κ1) is 16.0. The molecular weight excluding hydrogens is 234 g/mol. The van der Waals surface area contributed by atoms with E-state index in [1.54, 1.807) is 0 Å². The zero-order chi connectivity index (χ0) is 13.9. The molecule has 0 aliphatic carbocycles. The van der Waals surface area contributed by atoms with E-state index in [1.165, 1.54) is 37.7 Å². The van der Waals surface area contributed by atoms with E-state index in [0.29, 0.717) is 0 Å². The largest absolute Gasteiger partial charge is 0.491 e. The van der Waals surface area contributed by atoms with Gasteiger partial charge in [0.15, 0.2) is 0 Å². The molecule has 1 aromatic rings. The van der Waals surface area contributed by atoms with Gasteiger partial charge < -0.3 is 10.1 Å². The Bertz CT molecular complexity index is 319. The molecule has 0 aliphatic rings. The predicted octanol–water partition coefficient (Wildman–Crippen LogP) is 4.19. The zero-order valence-corrected chi connectivity index (χ0v) is 12.7. The van der Waals surface area contributed by atoms with E-state index in [2.05, 4.69) is 50.4 Å². The first-order valence-electron chi connectivity index (χ1n) is 7.68. The van der Waals surface area contributed by atoms with Crippen LogP contribution in [0.25, 0.3) is 0 Å². The van der Waals surface area contributed by atoms with Crippen molar-refractivity contribution in [1.29, 1.82) is 0 Å². The van der Waals surface area contributed by atoms with Crippen molar-refractivity contribution in [1.82, 2.24) is 5.32 Å². The smallest absolute Gasteiger partial charge is 0.119 e. The van der Waals surface area contributed by atoms with Crippen LogP contribution in [0.15, 0.2) is 24.3 Å².